The van der Waals surface area contributed by atoms with Gasteiger partial charge in [-0.2, -0.15) is 10.6 Å². The summed E-state index contributed by atoms with van der Waals surface area (Å²) in [6.45, 7) is 4.39. The molecule has 4 N–H and O–H groups in total. The summed E-state index contributed by atoms with van der Waals surface area (Å²) >= 11 is 0. The van der Waals surface area contributed by atoms with Gasteiger partial charge in [0.1, 0.15) is 0 Å². The van der Waals surface area contributed by atoms with Gasteiger partial charge in [0.15, 0.2) is 11.5 Å². The Hall–Kier alpha value is -3.31. The minimum Gasteiger partial charge on any atom is -0.414 e. The maximum absolute atomic E-state index is 10.4. The molecule has 0 aliphatic carbocycles. The van der Waals surface area contributed by atoms with Crippen molar-refractivity contribution in [3.63, 3.8) is 0 Å². The molecule has 0 saturated carbocycles. The van der Waals surface area contributed by atoms with Crippen molar-refractivity contribution in [1.82, 2.24) is 25.1 Å². The molecule has 0 radical (unpaired) electrons. The summed E-state index contributed by atoms with van der Waals surface area (Å²) < 4.78 is 26.6. The second-order valence-corrected chi connectivity index (χ2v) is 11.1. The quantitative estimate of drug-likeness (QED) is 0.310. The van der Waals surface area contributed by atoms with E-state index in [2.05, 4.69) is 25.1 Å². The van der Waals surface area contributed by atoms with Crippen LogP contribution in [0.3, 0.4) is 0 Å². The van der Waals surface area contributed by atoms with Crippen LogP contribution in [0.5, 0.6) is 0 Å². The first-order valence-corrected chi connectivity index (χ1v) is 12.3. The van der Waals surface area contributed by atoms with Gasteiger partial charge in [-0.1, -0.05) is 24.3 Å². The molecule has 4 rings (SSSR count). The van der Waals surface area contributed by atoms with Crippen LogP contribution in [0.15, 0.2) is 64.0 Å². The van der Waals surface area contributed by atoms with Crippen LogP contribution in [0.1, 0.15) is 22.3 Å². The molecule has 0 amide bonds. The van der Waals surface area contributed by atoms with Crippen molar-refractivity contribution < 1.29 is 16.4 Å². The standard InChI is InChI=1S/C24H28N6O3S.2H2/c1-15(2)34(31,32)19-11-9-17(10-12-19)20-13-26-22(25)21(27-20)24-29-28-23(33-24)18-7-5-16(6-8-18)14-30(3)4;;/h5-13,15,31-32H,14H2,1-4H3,(H2,25,26);2*1H. The fourth-order valence-electron chi connectivity index (χ4n) is 3.35. The Morgan fingerprint density at radius 2 is 1.59 bits per heavy atom. The Balaban J connectivity index is 0.00000228. The normalized spacial score (nSPS) is 12.5. The SMILES string of the molecule is CC(C)S(O)(O)c1ccc(-c2cnc(N)c(-c3nnc(-c4ccc(CN(C)C)cc4)o3)n2)cc1.[HH].[HH]. The number of benzene rings is 2. The van der Waals surface area contributed by atoms with E-state index in [9.17, 15) is 9.11 Å². The topological polar surface area (TPSA) is 134 Å². The minimum atomic E-state index is -2.86. The van der Waals surface area contributed by atoms with Crippen LogP contribution in [0, 0.1) is 0 Å². The predicted octanol–water partition coefficient (Wildman–Crippen LogP) is 5.51. The van der Waals surface area contributed by atoms with Gasteiger partial charge in [-0.05, 0) is 57.8 Å². The molecule has 0 aliphatic rings. The fourth-order valence-corrected chi connectivity index (χ4v) is 4.43. The third kappa shape index (κ3) is 4.95. The highest BCUT2D eigenvalue weighted by atomic mass is 32.3. The van der Waals surface area contributed by atoms with Gasteiger partial charge in [0.05, 0.1) is 16.8 Å². The summed E-state index contributed by atoms with van der Waals surface area (Å²) in [5, 5.41) is 7.99. The number of nitrogens with two attached hydrogens (primary N) is 1. The summed E-state index contributed by atoms with van der Waals surface area (Å²) in [4.78, 5) is 11.4. The van der Waals surface area contributed by atoms with Gasteiger partial charge in [-0.25, -0.2) is 9.97 Å². The van der Waals surface area contributed by atoms with E-state index < -0.39 is 10.6 Å². The third-order valence-corrected chi connectivity index (χ3v) is 7.56. The Kier molecular flexibility index (Phi) is 6.67. The highest BCUT2D eigenvalue weighted by Gasteiger charge is 2.21. The molecule has 182 valence electrons. The lowest BCUT2D eigenvalue weighted by molar-refractivity contribution is 0.402. The van der Waals surface area contributed by atoms with Gasteiger partial charge in [-0.15, -0.1) is 10.2 Å². The number of anilines is 1. The molecule has 10 heteroatoms. The van der Waals surface area contributed by atoms with Crippen LogP contribution in [-0.2, 0) is 6.54 Å². The number of hydrogen-bond acceptors (Lipinski definition) is 9. The van der Waals surface area contributed by atoms with Gasteiger partial charge in [0.25, 0.3) is 5.89 Å². The molecule has 0 aliphatic heterocycles. The average molecular weight is 485 g/mol. The lowest BCUT2D eigenvalue weighted by Crippen LogP contribution is -2.10. The van der Waals surface area contributed by atoms with Gasteiger partial charge in [0.2, 0.25) is 5.89 Å². The fraction of sp³-hybridized carbons (Fsp3) is 0.250. The van der Waals surface area contributed by atoms with E-state index >= 15 is 0 Å². The monoisotopic (exact) mass is 484 g/mol. The van der Waals surface area contributed by atoms with Gasteiger partial charge in [-0.3, -0.25) is 9.11 Å². The van der Waals surface area contributed by atoms with E-state index in [0.717, 1.165) is 17.7 Å². The highest BCUT2D eigenvalue weighted by Crippen LogP contribution is 2.52. The third-order valence-electron chi connectivity index (χ3n) is 5.28. The van der Waals surface area contributed by atoms with E-state index in [0.29, 0.717) is 16.5 Å². The molecule has 0 bridgehead atoms. The molecule has 4 aromatic rings. The number of nitrogen functional groups attached to an aromatic ring is 1. The van der Waals surface area contributed by atoms with Crippen molar-refractivity contribution in [2.75, 3.05) is 19.8 Å². The number of rotatable bonds is 7. The van der Waals surface area contributed by atoms with E-state index in [1.807, 2.05) is 38.4 Å². The molecule has 0 fully saturated rings. The Bertz CT molecular complexity index is 1280. The zero-order valence-electron chi connectivity index (χ0n) is 19.5. The minimum absolute atomic E-state index is 0. The zero-order valence-corrected chi connectivity index (χ0v) is 20.3. The van der Waals surface area contributed by atoms with Crippen LogP contribution in [0.4, 0.5) is 5.82 Å². The molecule has 0 unspecified atom stereocenters. The van der Waals surface area contributed by atoms with Crippen molar-refractivity contribution in [3.8, 4) is 34.3 Å². The Morgan fingerprint density at radius 1 is 0.971 bits per heavy atom. The van der Waals surface area contributed by atoms with Crippen LogP contribution < -0.4 is 5.73 Å². The maximum Gasteiger partial charge on any atom is 0.270 e. The summed E-state index contributed by atoms with van der Waals surface area (Å²) in [5.41, 5.74) is 9.61. The van der Waals surface area contributed by atoms with E-state index in [1.54, 1.807) is 44.3 Å². The molecule has 2 aromatic heterocycles. The molecule has 2 heterocycles. The molecule has 9 nitrogen and oxygen atoms in total. The lowest BCUT2D eigenvalue weighted by atomic mass is 10.1. The molecular weight excluding hydrogens is 452 g/mol. The lowest BCUT2D eigenvalue weighted by Gasteiger charge is -2.36. The number of hydrogen-bond donors (Lipinski definition) is 3. The summed E-state index contributed by atoms with van der Waals surface area (Å²) in [6.07, 6.45) is 1.55. The van der Waals surface area contributed by atoms with Gasteiger partial charge in [0, 0.05) is 25.8 Å². The zero-order chi connectivity index (χ0) is 24.5. The first-order valence-electron chi connectivity index (χ1n) is 10.7. The second-order valence-electron chi connectivity index (χ2n) is 8.50. The molecule has 0 spiro atoms. The Morgan fingerprint density at radius 3 is 2.21 bits per heavy atom. The van der Waals surface area contributed by atoms with Gasteiger partial charge >= 0.3 is 0 Å². The highest BCUT2D eigenvalue weighted by molar-refractivity contribution is 8.24. The second kappa shape index (κ2) is 9.51. The number of aromatic nitrogens is 4. The number of nitrogens with zero attached hydrogens (tertiary/aromatic N) is 5. The van der Waals surface area contributed by atoms with E-state index in [-0.39, 0.29) is 25.5 Å². The summed E-state index contributed by atoms with van der Waals surface area (Å²) in [7, 11) is 1.18. The summed E-state index contributed by atoms with van der Waals surface area (Å²) in [6, 6.07) is 14.8. The smallest absolute Gasteiger partial charge is 0.270 e. The molecular formula is C24H32N6O3S. The van der Waals surface area contributed by atoms with Crippen molar-refractivity contribution in [2.24, 2.45) is 0 Å². The first-order chi connectivity index (χ1) is 16.1. The van der Waals surface area contributed by atoms with E-state index in [4.69, 9.17) is 10.2 Å². The van der Waals surface area contributed by atoms with Crippen molar-refractivity contribution in [2.45, 2.75) is 30.5 Å². The molecule has 2 aromatic carbocycles. The van der Waals surface area contributed by atoms with Crippen LogP contribution in [0.25, 0.3) is 34.3 Å². The first kappa shape index (κ1) is 23.8. The Labute approximate surface area is 203 Å². The van der Waals surface area contributed by atoms with Crippen LogP contribution in [0.2, 0.25) is 0 Å². The summed E-state index contributed by atoms with van der Waals surface area (Å²) in [5.74, 6) is 0.706. The largest absolute Gasteiger partial charge is 0.414 e. The molecule has 34 heavy (non-hydrogen) atoms. The predicted molar refractivity (Wildman–Crippen MR) is 138 cm³/mol. The molecule has 0 atom stereocenters. The van der Waals surface area contributed by atoms with Crippen LogP contribution >= 0.6 is 10.6 Å². The average Bonchev–Trinajstić information content (AvgIpc) is 3.29. The van der Waals surface area contributed by atoms with Crippen molar-refractivity contribution in [3.05, 3.63) is 60.3 Å². The van der Waals surface area contributed by atoms with E-state index in [1.165, 1.54) is 5.56 Å². The van der Waals surface area contributed by atoms with Crippen molar-refractivity contribution >= 4 is 16.4 Å². The van der Waals surface area contributed by atoms with Crippen LogP contribution in [-0.4, -0.2) is 53.5 Å². The maximum atomic E-state index is 10.4. The molecule has 0 saturated heterocycles. The van der Waals surface area contributed by atoms with Crippen molar-refractivity contribution in [1.29, 1.82) is 0 Å². The van der Waals surface area contributed by atoms with Gasteiger partial charge < -0.3 is 15.1 Å².